The van der Waals surface area contributed by atoms with Crippen molar-refractivity contribution in [1.82, 2.24) is 10.2 Å². The number of ether oxygens (including phenoxy) is 1. The summed E-state index contributed by atoms with van der Waals surface area (Å²) in [5.41, 5.74) is 4.93. The van der Waals surface area contributed by atoms with E-state index in [9.17, 15) is 13.2 Å². The second kappa shape index (κ2) is 7.68. The van der Waals surface area contributed by atoms with Crippen LogP contribution in [0.15, 0.2) is 41.6 Å². The first-order chi connectivity index (χ1) is 12.9. The molecule has 27 heavy (non-hydrogen) atoms. The predicted molar refractivity (Wildman–Crippen MR) is 91.8 cm³/mol. The summed E-state index contributed by atoms with van der Waals surface area (Å²) in [5.74, 6) is 0.328. The molecule has 1 aromatic heterocycles. The van der Waals surface area contributed by atoms with Gasteiger partial charge in [-0.25, -0.2) is 0 Å². The number of benzene rings is 1. The number of hydrogen-bond donors (Lipinski definition) is 2. The summed E-state index contributed by atoms with van der Waals surface area (Å²) in [6.07, 6.45) is -3.66. The van der Waals surface area contributed by atoms with Crippen LogP contribution in [0.1, 0.15) is 24.1 Å². The van der Waals surface area contributed by atoms with E-state index < -0.39 is 11.7 Å². The minimum absolute atomic E-state index is 0.135. The van der Waals surface area contributed by atoms with Gasteiger partial charge in [0.2, 0.25) is 0 Å². The molecular formula is C17H18F3N5O2. The number of aromatic nitrogens is 2. The quantitative estimate of drug-likeness (QED) is 0.366. The number of anilines is 1. The maximum atomic E-state index is 13.1. The molecule has 3 rings (SSSR count). The van der Waals surface area contributed by atoms with Gasteiger partial charge in [0.1, 0.15) is 17.5 Å². The van der Waals surface area contributed by atoms with E-state index in [1.807, 2.05) is 4.90 Å². The third-order valence-electron chi connectivity index (χ3n) is 4.27. The summed E-state index contributed by atoms with van der Waals surface area (Å²) < 4.78 is 44.8. The van der Waals surface area contributed by atoms with Crippen molar-refractivity contribution >= 4 is 11.7 Å². The number of nitrogens with zero attached hydrogens (tertiary/aromatic N) is 4. The van der Waals surface area contributed by atoms with Crippen LogP contribution in [0.2, 0.25) is 0 Å². The minimum Gasteiger partial charge on any atom is -0.490 e. The topological polar surface area (TPSA) is 96.9 Å². The largest absolute Gasteiger partial charge is 0.490 e. The Morgan fingerprint density at radius 2 is 1.85 bits per heavy atom. The summed E-state index contributed by atoms with van der Waals surface area (Å²) in [4.78, 5) is 1.96. The van der Waals surface area contributed by atoms with Crippen LogP contribution in [0.5, 0.6) is 5.75 Å². The number of alkyl halides is 3. The first-order valence-electron chi connectivity index (χ1n) is 8.28. The third-order valence-corrected chi connectivity index (χ3v) is 4.27. The Morgan fingerprint density at radius 1 is 1.15 bits per heavy atom. The van der Waals surface area contributed by atoms with Crippen LogP contribution in [-0.4, -0.2) is 40.4 Å². The van der Waals surface area contributed by atoms with E-state index in [0.29, 0.717) is 31.7 Å². The second-order valence-corrected chi connectivity index (χ2v) is 6.06. The van der Waals surface area contributed by atoms with Crippen LogP contribution >= 0.6 is 0 Å². The zero-order valence-corrected chi connectivity index (χ0v) is 14.2. The van der Waals surface area contributed by atoms with Gasteiger partial charge < -0.3 is 20.6 Å². The molecule has 2 heterocycles. The van der Waals surface area contributed by atoms with Crippen molar-refractivity contribution in [3.8, 4) is 5.75 Å². The number of amidine groups is 1. The maximum Gasteiger partial charge on any atom is 0.419 e. The van der Waals surface area contributed by atoms with Crippen molar-refractivity contribution in [2.45, 2.75) is 25.1 Å². The van der Waals surface area contributed by atoms with Gasteiger partial charge in [-0.15, -0.1) is 10.2 Å². The Morgan fingerprint density at radius 3 is 2.44 bits per heavy atom. The fourth-order valence-electron chi connectivity index (χ4n) is 2.87. The lowest BCUT2D eigenvalue weighted by atomic mass is 10.1. The van der Waals surface area contributed by atoms with E-state index in [1.54, 1.807) is 12.1 Å². The average Bonchev–Trinajstić information content (AvgIpc) is 2.68. The Balaban J connectivity index is 1.61. The number of rotatable bonds is 4. The average molecular weight is 381 g/mol. The number of piperidine rings is 1. The Kier molecular flexibility index (Phi) is 5.33. The molecule has 0 saturated carbocycles. The zero-order valence-electron chi connectivity index (χ0n) is 14.2. The molecule has 1 aliphatic heterocycles. The predicted octanol–water partition coefficient (Wildman–Crippen LogP) is 2.64. The van der Waals surface area contributed by atoms with Crippen LogP contribution in [-0.2, 0) is 6.18 Å². The van der Waals surface area contributed by atoms with E-state index in [-0.39, 0.29) is 23.4 Å². The first kappa shape index (κ1) is 18.7. The number of nitrogens with two attached hydrogens (primary N) is 1. The first-order valence-corrected chi connectivity index (χ1v) is 8.28. The summed E-state index contributed by atoms with van der Waals surface area (Å²) in [7, 11) is 0. The normalized spacial score (nSPS) is 16.4. The highest BCUT2D eigenvalue weighted by molar-refractivity contribution is 5.95. The van der Waals surface area contributed by atoms with Gasteiger partial charge in [0, 0.05) is 25.9 Å². The van der Waals surface area contributed by atoms with Gasteiger partial charge >= 0.3 is 6.18 Å². The Hall–Kier alpha value is -3.04. The van der Waals surface area contributed by atoms with E-state index in [2.05, 4.69) is 15.4 Å². The summed E-state index contributed by atoms with van der Waals surface area (Å²) in [6, 6.07) is 8.50. The van der Waals surface area contributed by atoms with Gasteiger partial charge in [0.15, 0.2) is 11.7 Å². The molecule has 0 unspecified atom stereocenters. The van der Waals surface area contributed by atoms with E-state index in [4.69, 9.17) is 15.7 Å². The van der Waals surface area contributed by atoms with Crippen LogP contribution in [0, 0.1) is 0 Å². The number of oxime groups is 1. The van der Waals surface area contributed by atoms with Crippen molar-refractivity contribution in [3.63, 3.8) is 0 Å². The highest BCUT2D eigenvalue weighted by Gasteiger charge is 2.35. The molecule has 1 saturated heterocycles. The molecule has 7 nitrogen and oxygen atoms in total. The van der Waals surface area contributed by atoms with Crippen LogP contribution in [0.25, 0.3) is 0 Å². The molecule has 3 N–H and O–H groups in total. The Bertz CT molecular complexity index is 803. The maximum absolute atomic E-state index is 13.1. The fraction of sp³-hybridized carbons (Fsp3) is 0.353. The molecule has 10 heteroatoms. The molecule has 0 bridgehead atoms. The van der Waals surface area contributed by atoms with Gasteiger partial charge in [-0.1, -0.05) is 17.3 Å². The zero-order chi connectivity index (χ0) is 19.4. The molecule has 0 atom stereocenters. The molecule has 0 radical (unpaired) electrons. The van der Waals surface area contributed by atoms with Crippen molar-refractivity contribution < 1.29 is 23.1 Å². The molecule has 1 fully saturated rings. The van der Waals surface area contributed by atoms with Gasteiger partial charge in [0.05, 0.1) is 5.56 Å². The fourth-order valence-corrected chi connectivity index (χ4v) is 2.87. The Labute approximate surface area is 153 Å². The standard InChI is InChI=1S/C17H18F3N5O2/c18-17(19,20)12-3-1-2-4-14(12)27-11-7-9-25(10-8-11)15-6-5-13(22-23-15)16(21)24-26/h1-6,11,26H,7-10H2,(H2,21,24). The lowest BCUT2D eigenvalue weighted by molar-refractivity contribution is -0.139. The monoisotopic (exact) mass is 381 g/mol. The van der Waals surface area contributed by atoms with Crippen molar-refractivity contribution in [3.05, 3.63) is 47.7 Å². The van der Waals surface area contributed by atoms with E-state index >= 15 is 0 Å². The second-order valence-electron chi connectivity index (χ2n) is 6.06. The van der Waals surface area contributed by atoms with Crippen LogP contribution in [0.3, 0.4) is 0 Å². The van der Waals surface area contributed by atoms with E-state index in [1.165, 1.54) is 18.2 Å². The van der Waals surface area contributed by atoms with E-state index in [0.717, 1.165) is 6.07 Å². The van der Waals surface area contributed by atoms with Gasteiger partial charge in [0.25, 0.3) is 0 Å². The lowest BCUT2D eigenvalue weighted by Crippen LogP contribution is -2.39. The van der Waals surface area contributed by atoms with Crippen molar-refractivity contribution in [2.75, 3.05) is 18.0 Å². The molecule has 2 aromatic rings. The summed E-state index contributed by atoms with van der Waals surface area (Å²) in [6.45, 7) is 1.13. The van der Waals surface area contributed by atoms with Crippen LogP contribution in [0.4, 0.5) is 19.0 Å². The third kappa shape index (κ3) is 4.39. The smallest absolute Gasteiger partial charge is 0.419 e. The van der Waals surface area contributed by atoms with Gasteiger partial charge in [-0.3, -0.25) is 0 Å². The highest BCUT2D eigenvalue weighted by atomic mass is 19.4. The number of para-hydroxylation sites is 1. The van der Waals surface area contributed by atoms with Gasteiger partial charge in [-0.2, -0.15) is 13.2 Å². The molecular weight excluding hydrogens is 363 g/mol. The highest BCUT2D eigenvalue weighted by Crippen LogP contribution is 2.37. The summed E-state index contributed by atoms with van der Waals surface area (Å²) in [5, 5.41) is 19.4. The molecule has 0 spiro atoms. The summed E-state index contributed by atoms with van der Waals surface area (Å²) >= 11 is 0. The lowest BCUT2D eigenvalue weighted by Gasteiger charge is -2.33. The number of hydrogen-bond acceptors (Lipinski definition) is 6. The molecule has 1 aliphatic rings. The minimum atomic E-state index is -4.45. The van der Waals surface area contributed by atoms with Crippen LogP contribution < -0.4 is 15.4 Å². The van der Waals surface area contributed by atoms with Gasteiger partial charge in [-0.05, 0) is 24.3 Å². The SMILES string of the molecule is N/C(=N\O)c1ccc(N2CCC(Oc3ccccc3C(F)(F)F)CC2)nn1. The molecule has 1 aromatic carbocycles. The molecule has 0 amide bonds. The molecule has 144 valence electrons. The molecule has 0 aliphatic carbocycles. The van der Waals surface area contributed by atoms with Crippen molar-refractivity contribution in [2.24, 2.45) is 10.9 Å². The van der Waals surface area contributed by atoms with Crippen molar-refractivity contribution in [1.29, 1.82) is 0 Å². The number of halogens is 3.